The lowest BCUT2D eigenvalue weighted by molar-refractivity contribution is -0.0563. The van der Waals surface area contributed by atoms with Crippen molar-refractivity contribution in [3.8, 4) is 11.1 Å². The van der Waals surface area contributed by atoms with E-state index in [9.17, 15) is 14.7 Å². The van der Waals surface area contributed by atoms with E-state index in [-0.39, 0.29) is 11.8 Å². The highest BCUT2D eigenvalue weighted by Gasteiger charge is 2.43. The molecule has 1 unspecified atom stereocenters. The Morgan fingerprint density at radius 2 is 1.95 bits per heavy atom. The normalized spacial score (nSPS) is 16.5. The molecule has 0 spiro atoms. The van der Waals surface area contributed by atoms with Gasteiger partial charge in [0.05, 0.1) is 12.7 Å². The van der Waals surface area contributed by atoms with Crippen LogP contribution in [0, 0.1) is 5.92 Å². The van der Waals surface area contributed by atoms with Crippen molar-refractivity contribution in [3.63, 3.8) is 0 Å². The van der Waals surface area contributed by atoms with E-state index in [0.717, 1.165) is 36.1 Å². The second-order valence-electron chi connectivity index (χ2n) is 11.6. The van der Waals surface area contributed by atoms with Gasteiger partial charge in [-0.2, -0.15) is 0 Å². The highest BCUT2D eigenvalue weighted by Crippen LogP contribution is 2.45. The minimum Gasteiger partial charge on any atom is -0.453 e. The smallest absolute Gasteiger partial charge is 0.406 e. The molecule has 9 heteroatoms. The second-order valence-corrected chi connectivity index (χ2v) is 11.9. The molecular formula is C34H43ClN4O4. The van der Waals surface area contributed by atoms with Crippen LogP contribution in [-0.2, 0) is 16.9 Å². The average Bonchev–Trinajstić information content (AvgIpc) is 3.03. The number of pyridine rings is 1. The van der Waals surface area contributed by atoms with Crippen molar-refractivity contribution in [2.75, 3.05) is 33.8 Å². The zero-order chi connectivity index (χ0) is 31.0. The van der Waals surface area contributed by atoms with Crippen LogP contribution in [0.4, 0.5) is 4.79 Å². The fourth-order valence-electron chi connectivity index (χ4n) is 6.01. The Kier molecular flexibility index (Phi) is 11.2. The molecule has 43 heavy (non-hydrogen) atoms. The SMILES string of the molecule is CNCc1ccc(C(=O)N2CCC[C@@H](C(O)(CCCNC(=O)OC)c3ccnc(Cl)c3-c3cccc(C(C)C)c3)C2)cc1. The molecule has 2 amide bonds. The van der Waals surface area contributed by atoms with Gasteiger partial charge in [-0.25, -0.2) is 9.78 Å². The fourth-order valence-corrected chi connectivity index (χ4v) is 6.27. The molecule has 0 aliphatic carbocycles. The Bertz CT molecular complexity index is 1400. The molecule has 1 fully saturated rings. The van der Waals surface area contributed by atoms with Gasteiger partial charge < -0.3 is 25.4 Å². The van der Waals surface area contributed by atoms with E-state index >= 15 is 0 Å². The molecule has 2 aromatic carbocycles. The summed E-state index contributed by atoms with van der Waals surface area (Å²) in [6, 6.07) is 17.7. The second kappa shape index (κ2) is 14.8. The number of ether oxygens (including phenoxy) is 1. The predicted octanol–water partition coefficient (Wildman–Crippen LogP) is 6.12. The largest absolute Gasteiger partial charge is 0.453 e. The Hall–Kier alpha value is -3.46. The molecule has 8 nitrogen and oxygen atoms in total. The number of halogens is 1. The minimum atomic E-state index is -1.34. The van der Waals surface area contributed by atoms with Crippen LogP contribution in [-0.4, -0.2) is 60.8 Å². The number of carbonyl (C=O) groups is 2. The maximum absolute atomic E-state index is 13.6. The van der Waals surface area contributed by atoms with Crippen LogP contribution in [0.1, 0.15) is 72.5 Å². The first-order chi connectivity index (χ1) is 20.7. The summed E-state index contributed by atoms with van der Waals surface area (Å²) < 4.78 is 4.72. The zero-order valence-electron chi connectivity index (χ0n) is 25.5. The van der Waals surface area contributed by atoms with Gasteiger partial charge in [-0.3, -0.25) is 4.79 Å². The summed E-state index contributed by atoms with van der Waals surface area (Å²) in [5.41, 5.74) is 3.81. The Balaban J connectivity index is 1.70. The molecule has 3 N–H and O–H groups in total. The van der Waals surface area contributed by atoms with Crippen molar-refractivity contribution in [2.45, 2.75) is 57.6 Å². The Labute approximate surface area is 259 Å². The van der Waals surface area contributed by atoms with Crippen molar-refractivity contribution < 1.29 is 19.4 Å². The number of nitrogens with zero attached hydrogens (tertiary/aromatic N) is 2. The Morgan fingerprint density at radius 1 is 1.19 bits per heavy atom. The van der Waals surface area contributed by atoms with Crippen molar-refractivity contribution in [1.82, 2.24) is 20.5 Å². The van der Waals surface area contributed by atoms with Crippen molar-refractivity contribution >= 4 is 23.6 Å². The molecule has 2 atom stereocenters. The summed E-state index contributed by atoms with van der Waals surface area (Å²) in [5, 5.41) is 18.9. The van der Waals surface area contributed by atoms with E-state index in [1.165, 1.54) is 7.11 Å². The van der Waals surface area contributed by atoms with Gasteiger partial charge >= 0.3 is 6.09 Å². The summed E-state index contributed by atoms with van der Waals surface area (Å²) in [4.78, 5) is 31.6. The van der Waals surface area contributed by atoms with Gasteiger partial charge in [0, 0.05) is 49.4 Å². The standard InChI is InChI=1S/C34H43ClN4O4/c1-23(2)26-8-5-9-27(20-26)30-29(15-18-37-31(30)35)34(42,16-7-17-38-33(41)43-4)28-10-6-19-39(22-28)32(40)25-13-11-24(12-14-25)21-36-3/h5,8-9,11-15,18,20,23,28,36,42H,6-7,10,16-17,19,21-22H2,1-4H3,(H,38,41)/t28-,34?/m1/s1. The third-order valence-corrected chi connectivity index (χ3v) is 8.65. The highest BCUT2D eigenvalue weighted by molar-refractivity contribution is 6.32. The van der Waals surface area contributed by atoms with Gasteiger partial charge in [-0.05, 0) is 79.1 Å². The molecule has 1 saturated heterocycles. The van der Waals surface area contributed by atoms with E-state index in [1.54, 1.807) is 6.20 Å². The zero-order valence-corrected chi connectivity index (χ0v) is 26.3. The van der Waals surface area contributed by atoms with Gasteiger partial charge in [-0.15, -0.1) is 0 Å². The maximum Gasteiger partial charge on any atom is 0.406 e. The molecule has 3 aromatic rings. The number of alkyl carbamates (subject to hydrolysis) is 1. The number of hydrogen-bond donors (Lipinski definition) is 3. The topological polar surface area (TPSA) is 104 Å². The minimum absolute atomic E-state index is 0.0481. The first kappa shape index (κ1) is 32.5. The van der Waals surface area contributed by atoms with Gasteiger partial charge in [0.15, 0.2) is 0 Å². The number of amides is 2. The molecule has 1 aliphatic rings. The van der Waals surface area contributed by atoms with Crippen LogP contribution in [0.25, 0.3) is 11.1 Å². The molecule has 2 heterocycles. The molecular weight excluding hydrogens is 564 g/mol. The molecule has 0 bridgehead atoms. The number of aliphatic hydroxyl groups is 1. The monoisotopic (exact) mass is 606 g/mol. The summed E-state index contributed by atoms with van der Waals surface area (Å²) in [6.45, 7) is 6.35. The molecule has 4 rings (SSSR count). The van der Waals surface area contributed by atoms with Crippen LogP contribution in [0.3, 0.4) is 0 Å². The number of rotatable bonds is 11. The first-order valence-electron chi connectivity index (χ1n) is 15.0. The first-order valence-corrected chi connectivity index (χ1v) is 15.4. The van der Waals surface area contributed by atoms with E-state index in [0.29, 0.717) is 60.2 Å². The van der Waals surface area contributed by atoms with Crippen molar-refractivity contribution in [2.24, 2.45) is 5.92 Å². The van der Waals surface area contributed by atoms with E-state index in [1.807, 2.05) is 54.4 Å². The van der Waals surface area contributed by atoms with E-state index < -0.39 is 11.7 Å². The highest BCUT2D eigenvalue weighted by atomic mass is 35.5. The van der Waals surface area contributed by atoms with Crippen molar-refractivity contribution in [1.29, 1.82) is 0 Å². The lowest BCUT2D eigenvalue weighted by Crippen LogP contribution is -2.48. The fraction of sp³-hybridized carbons (Fsp3) is 0.441. The van der Waals surface area contributed by atoms with Gasteiger partial charge in [0.2, 0.25) is 0 Å². The number of likely N-dealkylation sites (tertiary alicyclic amines) is 1. The van der Waals surface area contributed by atoms with Crippen LogP contribution >= 0.6 is 11.6 Å². The third kappa shape index (κ3) is 7.74. The quantitative estimate of drug-likeness (QED) is 0.179. The summed E-state index contributed by atoms with van der Waals surface area (Å²) in [6.07, 6.45) is 3.44. The third-order valence-electron chi connectivity index (χ3n) is 8.37. The molecule has 1 aliphatic heterocycles. The molecule has 1 aromatic heterocycles. The van der Waals surface area contributed by atoms with Gasteiger partial charge in [0.1, 0.15) is 5.15 Å². The van der Waals surface area contributed by atoms with Crippen LogP contribution in [0.2, 0.25) is 5.15 Å². The van der Waals surface area contributed by atoms with Crippen LogP contribution in [0.5, 0.6) is 0 Å². The van der Waals surface area contributed by atoms with Crippen LogP contribution < -0.4 is 10.6 Å². The lowest BCUT2D eigenvalue weighted by atomic mass is 9.72. The number of piperidine rings is 1. The maximum atomic E-state index is 13.6. The number of benzene rings is 2. The molecule has 0 saturated carbocycles. The number of carbonyl (C=O) groups excluding carboxylic acids is 2. The van der Waals surface area contributed by atoms with Gasteiger partial charge in [-0.1, -0.05) is 61.8 Å². The number of aromatic nitrogens is 1. The van der Waals surface area contributed by atoms with Crippen molar-refractivity contribution in [3.05, 3.63) is 88.2 Å². The summed E-state index contributed by atoms with van der Waals surface area (Å²) in [5.74, 6) is -0.00207. The van der Waals surface area contributed by atoms with Gasteiger partial charge in [0.25, 0.3) is 5.91 Å². The predicted molar refractivity (Wildman–Crippen MR) is 170 cm³/mol. The summed E-state index contributed by atoms with van der Waals surface area (Å²) >= 11 is 6.79. The van der Waals surface area contributed by atoms with E-state index in [2.05, 4.69) is 41.6 Å². The number of nitrogens with one attached hydrogen (secondary N) is 2. The lowest BCUT2D eigenvalue weighted by Gasteiger charge is -2.43. The summed E-state index contributed by atoms with van der Waals surface area (Å²) in [7, 11) is 3.21. The average molecular weight is 607 g/mol. The number of hydrogen-bond acceptors (Lipinski definition) is 6. The van der Waals surface area contributed by atoms with Crippen LogP contribution in [0.15, 0.2) is 60.8 Å². The number of methoxy groups -OCH3 is 1. The molecule has 0 radical (unpaired) electrons. The Morgan fingerprint density at radius 3 is 2.65 bits per heavy atom. The molecule has 230 valence electrons. The van der Waals surface area contributed by atoms with E-state index in [4.69, 9.17) is 16.3 Å².